The van der Waals surface area contributed by atoms with E-state index in [1.807, 2.05) is 0 Å². The maximum absolute atomic E-state index is 2.54. The average molecular weight is 151 g/mol. The molecule has 1 unspecified atom stereocenters. The lowest BCUT2D eigenvalue weighted by Crippen LogP contribution is -2.28. The van der Waals surface area contributed by atoms with Gasteiger partial charge >= 0.3 is 0 Å². The van der Waals surface area contributed by atoms with Crippen LogP contribution in [0.5, 0.6) is 0 Å². The van der Waals surface area contributed by atoms with Crippen molar-refractivity contribution in [1.29, 1.82) is 0 Å². The molecule has 0 aromatic heterocycles. The topological polar surface area (TPSA) is 3.24 Å². The van der Waals surface area contributed by atoms with E-state index in [4.69, 9.17) is 0 Å². The minimum absolute atomic E-state index is 0.871. The van der Waals surface area contributed by atoms with Crippen LogP contribution in [0.25, 0.3) is 0 Å². The molecule has 1 heteroatoms. The Morgan fingerprint density at radius 3 is 3.00 bits per heavy atom. The molecule has 0 aromatic rings. The van der Waals surface area contributed by atoms with Crippen molar-refractivity contribution in [3.63, 3.8) is 0 Å². The highest BCUT2D eigenvalue weighted by Crippen LogP contribution is 2.23. The van der Waals surface area contributed by atoms with Crippen molar-refractivity contribution in [2.24, 2.45) is 0 Å². The maximum Gasteiger partial charge on any atom is 0.0319 e. The van der Waals surface area contributed by atoms with Gasteiger partial charge in [-0.1, -0.05) is 25.3 Å². The van der Waals surface area contributed by atoms with Crippen molar-refractivity contribution >= 4 is 0 Å². The van der Waals surface area contributed by atoms with Crippen molar-refractivity contribution in [3.05, 3.63) is 12.3 Å². The summed E-state index contributed by atoms with van der Waals surface area (Å²) < 4.78 is 0. The third-order valence-corrected chi connectivity index (χ3v) is 2.88. The summed E-state index contributed by atoms with van der Waals surface area (Å²) in [5.41, 5.74) is 0. The van der Waals surface area contributed by atoms with Gasteiger partial charge in [-0.2, -0.15) is 0 Å². The maximum atomic E-state index is 2.54. The first-order valence-corrected chi connectivity index (χ1v) is 4.89. The molecule has 0 amide bonds. The van der Waals surface area contributed by atoms with Gasteiger partial charge in [0.2, 0.25) is 0 Å². The zero-order valence-electron chi connectivity index (χ0n) is 7.13. The van der Waals surface area contributed by atoms with Gasteiger partial charge in [0, 0.05) is 12.6 Å². The Morgan fingerprint density at radius 1 is 1.09 bits per heavy atom. The summed E-state index contributed by atoms with van der Waals surface area (Å²) in [4.78, 5) is 2.54. The fourth-order valence-corrected chi connectivity index (χ4v) is 2.18. The first-order valence-electron chi connectivity index (χ1n) is 4.89. The average Bonchev–Trinajstić information content (AvgIpc) is 2.35. The molecule has 1 nitrogen and oxygen atoms in total. The minimum Gasteiger partial charge on any atom is -0.374 e. The lowest BCUT2D eigenvalue weighted by atomic mass is 10.0. The summed E-state index contributed by atoms with van der Waals surface area (Å²) in [6.45, 7) is 1.31. The molecule has 0 radical (unpaired) electrons. The van der Waals surface area contributed by atoms with Gasteiger partial charge in [0.1, 0.15) is 0 Å². The van der Waals surface area contributed by atoms with Crippen LogP contribution < -0.4 is 0 Å². The zero-order valence-corrected chi connectivity index (χ0v) is 7.13. The van der Waals surface area contributed by atoms with E-state index in [-0.39, 0.29) is 0 Å². The van der Waals surface area contributed by atoms with Crippen molar-refractivity contribution in [3.8, 4) is 0 Å². The lowest BCUT2D eigenvalue weighted by molar-refractivity contribution is 0.256. The molecule has 2 rings (SSSR count). The molecule has 0 aromatic carbocycles. The fourth-order valence-electron chi connectivity index (χ4n) is 2.18. The SMILES string of the molecule is C1=CN2CCCCCCC2C1. The molecule has 2 aliphatic heterocycles. The molecule has 0 bridgehead atoms. The van der Waals surface area contributed by atoms with E-state index in [0.717, 1.165) is 6.04 Å². The zero-order chi connectivity index (χ0) is 7.52. The molecule has 1 saturated heterocycles. The van der Waals surface area contributed by atoms with Gasteiger partial charge in [-0.25, -0.2) is 0 Å². The predicted octanol–water partition coefficient (Wildman–Crippen LogP) is 2.54. The minimum atomic E-state index is 0.871. The highest BCUT2D eigenvalue weighted by atomic mass is 15.1. The van der Waals surface area contributed by atoms with Crippen LogP contribution in [-0.2, 0) is 0 Å². The van der Waals surface area contributed by atoms with Crippen LogP contribution in [0, 0.1) is 0 Å². The summed E-state index contributed by atoms with van der Waals surface area (Å²) in [6, 6.07) is 0.871. The molecule has 0 N–H and O–H groups in total. The van der Waals surface area contributed by atoms with Crippen molar-refractivity contribution in [2.75, 3.05) is 6.54 Å². The predicted molar refractivity (Wildman–Crippen MR) is 47.3 cm³/mol. The molecule has 2 aliphatic rings. The van der Waals surface area contributed by atoms with Crippen LogP contribution in [0.4, 0.5) is 0 Å². The highest BCUT2D eigenvalue weighted by Gasteiger charge is 2.19. The Balaban J connectivity index is 1.93. The first-order chi connectivity index (χ1) is 5.47. The summed E-state index contributed by atoms with van der Waals surface area (Å²) in [5.74, 6) is 0. The normalized spacial score (nSPS) is 31.3. The van der Waals surface area contributed by atoms with E-state index in [1.165, 1.54) is 45.1 Å². The van der Waals surface area contributed by atoms with E-state index in [2.05, 4.69) is 17.2 Å². The van der Waals surface area contributed by atoms with Crippen LogP contribution in [0.2, 0.25) is 0 Å². The standard InChI is InChI=1S/C10H17N/c1-2-4-8-11-9-5-7-10(11)6-3-1/h5,9-10H,1-4,6-8H2. The Bertz CT molecular complexity index is 151. The second-order valence-corrected chi connectivity index (χ2v) is 3.72. The summed E-state index contributed by atoms with van der Waals surface area (Å²) >= 11 is 0. The quantitative estimate of drug-likeness (QED) is 0.514. The molecule has 62 valence electrons. The second-order valence-electron chi connectivity index (χ2n) is 3.72. The molecule has 0 spiro atoms. The number of nitrogens with zero attached hydrogens (tertiary/aromatic N) is 1. The van der Waals surface area contributed by atoms with Gasteiger partial charge in [-0.15, -0.1) is 0 Å². The molecule has 11 heavy (non-hydrogen) atoms. The van der Waals surface area contributed by atoms with Crippen LogP contribution in [-0.4, -0.2) is 17.5 Å². The van der Waals surface area contributed by atoms with E-state index in [0.29, 0.717) is 0 Å². The molecule has 0 saturated carbocycles. The van der Waals surface area contributed by atoms with Crippen LogP contribution >= 0.6 is 0 Å². The van der Waals surface area contributed by atoms with Crippen molar-refractivity contribution < 1.29 is 0 Å². The first kappa shape index (κ1) is 7.20. The van der Waals surface area contributed by atoms with E-state index in [9.17, 15) is 0 Å². The highest BCUT2D eigenvalue weighted by molar-refractivity contribution is 4.98. The Kier molecular flexibility index (Phi) is 2.16. The molecule has 0 aliphatic carbocycles. The summed E-state index contributed by atoms with van der Waals surface area (Å²) in [5, 5.41) is 0. The molecule has 1 fully saturated rings. The van der Waals surface area contributed by atoms with Crippen LogP contribution in [0.3, 0.4) is 0 Å². The molecular formula is C10H17N. The third-order valence-electron chi connectivity index (χ3n) is 2.88. The summed E-state index contributed by atoms with van der Waals surface area (Å²) in [6.07, 6.45) is 13.1. The molecule has 2 heterocycles. The summed E-state index contributed by atoms with van der Waals surface area (Å²) in [7, 11) is 0. The van der Waals surface area contributed by atoms with Gasteiger partial charge < -0.3 is 4.90 Å². The van der Waals surface area contributed by atoms with Crippen molar-refractivity contribution in [1.82, 2.24) is 4.90 Å². The monoisotopic (exact) mass is 151 g/mol. The van der Waals surface area contributed by atoms with Crippen molar-refractivity contribution in [2.45, 2.75) is 44.6 Å². The number of hydrogen-bond donors (Lipinski definition) is 0. The van der Waals surface area contributed by atoms with Gasteiger partial charge in [-0.05, 0) is 25.5 Å². The smallest absolute Gasteiger partial charge is 0.0319 e. The van der Waals surface area contributed by atoms with Gasteiger partial charge in [0.25, 0.3) is 0 Å². The van der Waals surface area contributed by atoms with Gasteiger partial charge in [0.15, 0.2) is 0 Å². The van der Waals surface area contributed by atoms with Crippen LogP contribution in [0.1, 0.15) is 38.5 Å². The van der Waals surface area contributed by atoms with Crippen LogP contribution in [0.15, 0.2) is 12.3 Å². The van der Waals surface area contributed by atoms with E-state index >= 15 is 0 Å². The Labute approximate surface area is 69.1 Å². The molecular weight excluding hydrogens is 134 g/mol. The third kappa shape index (κ3) is 1.58. The largest absolute Gasteiger partial charge is 0.374 e. The van der Waals surface area contributed by atoms with E-state index in [1.54, 1.807) is 0 Å². The second kappa shape index (κ2) is 3.29. The van der Waals surface area contributed by atoms with Gasteiger partial charge in [-0.3, -0.25) is 0 Å². The molecule has 1 atom stereocenters. The fraction of sp³-hybridized carbons (Fsp3) is 0.800. The Morgan fingerprint density at radius 2 is 2.00 bits per heavy atom. The van der Waals surface area contributed by atoms with E-state index < -0.39 is 0 Å². The lowest BCUT2D eigenvalue weighted by Gasteiger charge is -2.27. The number of rotatable bonds is 0. The number of hydrogen-bond acceptors (Lipinski definition) is 1. The Hall–Kier alpha value is -0.460. The van der Waals surface area contributed by atoms with Gasteiger partial charge in [0.05, 0.1) is 0 Å². The number of fused-ring (bicyclic) bond motifs is 1.